The monoisotopic (exact) mass is 352 g/mol. The number of nitrogens with zero attached hydrogens (tertiary/aromatic N) is 1. The van der Waals surface area contributed by atoms with Crippen molar-refractivity contribution in [3.8, 4) is 5.75 Å². The zero-order chi connectivity index (χ0) is 18.9. The molecule has 1 aliphatic rings. The second-order valence-electron chi connectivity index (χ2n) is 6.95. The Hall–Kier alpha value is -2.82. The molecule has 0 spiro atoms. The van der Waals surface area contributed by atoms with Crippen LogP contribution in [0.2, 0.25) is 0 Å². The van der Waals surface area contributed by atoms with Crippen molar-refractivity contribution >= 4 is 11.9 Å². The Morgan fingerprint density at radius 3 is 2.23 bits per heavy atom. The number of para-hydroxylation sites is 1. The van der Waals surface area contributed by atoms with Gasteiger partial charge in [0.05, 0.1) is 6.54 Å². The van der Waals surface area contributed by atoms with Gasteiger partial charge < -0.3 is 10.1 Å². The van der Waals surface area contributed by atoms with Crippen molar-refractivity contribution in [2.45, 2.75) is 33.2 Å². The van der Waals surface area contributed by atoms with Gasteiger partial charge in [-0.05, 0) is 44.4 Å². The number of hydrogen-bond acceptors (Lipinski definition) is 3. The highest BCUT2D eigenvalue weighted by atomic mass is 16.5. The fourth-order valence-electron chi connectivity index (χ4n) is 3.25. The number of hydrogen-bond donors (Lipinski definition) is 1. The Kier molecular flexibility index (Phi) is 4.72. The number of aryl methyl sites for hydroxylation is 3. The van der Waals surface area contributed by atoms with Crippen molar-refractivity contribution in [2.75, 3.05) is 13.2 Å². The summed E-state index contributed by atoms with van der Waals surface area (Å²) in [6.07, 6.45) is 0. The number of rotatable bonds is 5. The van der Waals surface area contributed by atoms with Gasteiger partial charge in [-0.2, -0.15) is 0 Å². The van der Waals surface area contributed by atoms with Crippen LogP contribution in [0.1, 0.15) is 29.2 Å². The lowest BCUT2D eigenvalue weighted by molar-refractivity contribution is -0.131. The first-order valence-corrected chi connectivity index (χ1v) is 8.73. The van der Waals surface area contributed by atoms with Crippen LogP contribution in [0.4, 0.5) is 4.79 Å². The van der Waals surface area contributed by atoms with Crippen LogP contribution >= 0.6 is 0 Å². The van der Waals surface area contributed by atoms with Gasteiger partial charge in [0.1, 0.15) is 17.9 Å². The summed E-state index contributed by atoms with van der Waals surface area (Å²) in [4.78, 5) is 26.5. The van der Waals surface area contributed by atoms with Gasteiger partial charge in [-0.3, -0.25) is 9.69 Å². The van der Waals surface area contributed by atoms with E-state index in [0.717, 1.165) is 28.0 Å². The van der Waals surface area contributed by atoms with Crippen LogP contribution in [0.5, 0.6) is 5.75 Å². The Balaban J connectivity index is 1.70. The highest BCUT2D eigenvalue weighted by molar-refractivity contribution is 6.07. The van der Waals surface area contributed by atoms with E-state index in [1.165, 1.54) is 4.90 Å². The molecule has 0 bridgehead atoms. The zero-order valence-electron chi connectivity index (χ0n) is 15.6. The number of carbonyl (C=O) groups is 2. The van der Waals surface area contributed by atoms with Crippen molar-refractivity contribution in [1.29, 1.82) is 0 Å². The number of nitrogens with one attached hydrogen (secondary N) is 1. The predicted octanol–water partition coefficient (Wildman–Crippen LogP) is 3.46. The predicted molar refractivity (Wildman–Crippen MR) is 100 cm³/mol. The first-order valence-electron chi connectivity index (χ1n) is 8.73. The molecule has 5 nitrogen and oxygen atoms in total. The summed E-state index contributed by atoms with van der Waals surface area (Å²) in [5.74, 6) is 0.553. The molecule has 1 aliphatic heterocycles. The van der Waals surface area contributed by atoms with Crippen LogP contribution in [-0.2, 0) is 10.3 Å². The molecule has 1 unspecified atom stereocenters. The van der Waals surface area contributed by atoms with Gasteiger partial charge in [0.15, 0.2) is 0 Å². The molecule has 1 heterocycles. The van der Waals surface area contributed by atoms with Gasteiger partial charge in [0, 0.05) is 0 Å². The number of ether oxygens (including phenoxy) is 1. The Morgan fingerprint density at radius 1 is 1.00 bits per heavy atom. The van der Waals surface area contributed by atoms with Gasteiger partial charge >= 0.3 is 6.03 Å². The highest BCUT2D eigenvalue weighted by Crippen LogP contribution is 2.29. The minimum atomic E-state index is -1.04. The first-order chi connectivity index (χ1) is 12.3. The third-order valence-corrected chi connectivity index (χ3v) is 4.87. The second kappa shape index (κ2) is 6.83. The van der Waals surface area contributed by atoms with Gasteiger partial charge in [-0.25, -0.2) is 4.79 Å². The van der Waals surface area contributed by atoms with Crippen LogP contribution in [-0.4, -0.2) is 30.0 Å². The fourth-order valence-corrected chi connectivity index (χ4v) is 3.25. The molecule has 3 rings (SSSR count). The maximum absolute atomic E-state index is 12.9. The molecule has 0 saturated carbocycles. The number of benzene rings is 2. The number of urea groups is 1. The zero-order valence-corrected chi connectivity index (χ0v) is 15.6. The third-order valence-electron chi connectivity index (χ3n) is 4.87. The molecule has 2 aromatic carbocycles. The fraction of sp³-hybridized carbons (Fsp3) is 0.333. The van der Waals surface area contributed by atoms with Crippen molar-refractivity contribution in [1.82, 2.24) is 10.2 Å². The number of carbonyl (C=O) groups excluding carboxylic acids is 2. The van der Waals surface area contributed by atoms with Gasteiger partial charge in [-0.1, -0.05) is 48.0 Å². The molecule has 1 N–H and O–H groups in total. The molecule has 1 saturated heterocycles. The molecular weight excluding hydrogens is 328 g/mol. The summed E-state index contributed by atoms with van der Waals surface area (Å²) < 4.78 is 5.84. The van der Waals surface area contributed by atoms with Crippen LogP contribution in [0.25, 0.3) is 0 Å². The van der Waals surface area contributed by atoms with E-state index in [9.17, 15) is 9.59 Å². The average Bonchev–Trinajstić information content (AvgIpc) is 2.81. The highest BCUT2D eigenvalue weighted by Gasteiger charge is 2.48. The van der Waals surface area contributed by atoms with Crippen molar-refractivity contribution in [3.05, 3.63) is 64.7 Å². The molecule has 0 aromatic heterocycles. The van der Waals surface area contributed by atoms with Crippen molar-refractivity contribution in [3.63, 3.8) is 0 Å². The second-order valence-corrected chi connectivity index (χ2v) is 6.95. The SMILES string of the molecule is Cc1ccc(C2(C)NC(=O)N(CCOc3c(C)cccc3C)C2=O)cc1. The minimum absolute atomic E-state index is 0.208. The normalized spacial score (nSPS) is 19.6. The first kappa shape index (κ1) is 18.0. The minimum Gasteiger partial charge on any atom is -0.491 e. The summed E-state index contributed by atoms with van der Waals surface area (Å²) in [5.41, 5.74) is 2.91. The van der Waals surface area contributed by atoms with E-state index >= 15 is 0 Å². The summed E-state index contributed by atoms with van der Waals surface area (Å²) in [7, 11) is 0. The summed E-state index contributed by atoms with van der Waals surface area (Å²) >= 11 is 0. The van der Waals surface area contributed by atoms with Gasteiger partial charge in [-0.15, -0.1) is 0 Å². The van der Waals surface area contributed by atoms with Crippen molar-refractivity contribution < 1.29 is 14.3 Å². The van der Waals surface area contributed by atoms with E-state index in [-0.39, 0.29) is 25.1 Å². The Morgan fingerprint density at radius 2 is 1.62 bits per heavy atom. The molecular formula is C21H24N2O3. The lowest BCUT2D eigenvalue weighted by Crippen LogP contribution is -2.41. The molecule has 0 aliphatic carbocycles. The number of amides is 3. The van der Waals surface area contributed by atoms with Crippen LogP contribution in [0.3, 0.4) is 0 Å². The van der Waals surface area contributed by atoms with Crippen molar-refractivity contribution in [2.24, 2.45) is 0 Å². The van der Waals surface area contributed by atoms with E-state index < -0.39 is 5.54 Å². The molecule has 2 aromatic rings. The molecule has 26 heavy (non-hydrogen) atoms. The Labute approximate surface area is 154 Å². The molecule has 1 atom stereocenters. The molecule has 1 fully saturated rings. The lowest BCUT2D eigenvalue weighted by Gasteiger charge is -2.22. The summed E-state index contributed by atoms with van der Waals surface area (Å²) in [6, 6.07) is 13.2. The van der Waals surface area contributed by atoms with E-state index in [2.05, 4.69) is 5.32 Å². The average molecular weight is 352 g/mol. The quantitative estimate of drug-likeness (QED) is 0.839. The lowest BCUT2D eigenvalue weighted by atomic mass is 9.91. The molecule has 3 amide bonds. The molecule has 136 valence electrons. The van der Waals surface area contributed by atoms with E-state index in [1.54, 1.807) is 6.92 Å². The third kappa shape index (κ3) is 3.17. The number of imide groups is 1. The van der Waals surface area contributed by atoms with Crippen LogP contribution in [0.15, 0.2) is 42.5 Å². The smallest absolute Gasteiger partial charge is 0.325 e. The Bertz CT molecular complexity index is 825. The standard InChI is InChI=1S/C21H24N2O3/c1-14-8-10-17(11-9-14)21(4)19(24)23(20(25)22-21)12-13-26-18-15(2)6-5-7-16(18)3/h5-11H,12-13H2,1-4H3,(H,22,25). The van der Waals surface area contributed by atoms with Crippen LogP contribution in [0, 0.1) is 20.8 Å². The molecule has 0 radical (unpaired) electrons. The maximum atomic E-state index is 12.9. The van der Waals surface area contributed by atoms with Gasteiger partial charge in [0.25, 0.3) is 5.91 Å². The van der Waals surface area contributed by atoms with E-state index in [1.807, 2.05) is 63.2 Å². The topological polar surface area (TPSA) is 58.6 Å². The summed E-state index contributed by atoms with van der Waals surface area (Å²) in [5, 5.41) is 2.82. The van der Waals surface area contributed by atoms with E-state index in [4.69, 9.17) is 4.74 Å². The maximum Gasteiger partial charge on any atom is 0.325 e. The molecule has 5 heteroatoms. The van der Waals surface area contributed by atoms with E-state index in [0.29, 0.717) is 0 Å². The largest absolute Gasteiger partial charge is 0.491 e. The summed E-state index contributed by atoms with van der Waals surface area (Å²) in [6.45, 7) is 8.15. The van der Waals surface area contributed by atoms with Crippen LogP contribution < -0.4 is 10.1 Å². The van der Waals surface area contributed by atoms with Gasteiger partial charge in [0.2, 0.25) is 0 Å².